The molecule has 2 heterocycles. The Morgan fingerprint density at radius 3 is 2.75 bits per heavy atom. The van der Waals surface area contributed by atoms with E-state index in [4.69, 9.17) is 9.72 Å². The molecule has 0 radical (unpaired) electrons. The van der Waals surface area contributed by atoms with Gasteiger partial charge in [0, 0.05) is 4.88 Å². The van der Waals surface area contributed by atoms with Gasteiger partial charge in [-0.25, -0.2) is 4.98 Å². The first-order valence-electron chi connectivity index (χ1n) is 8.27. The van der Waals surface area contributed by atoms with E-state index in [0.29, 0.717) is 5.92 Å². The fraction of sp³-hybridized carbons (Fsp3) is 0.368. The number of benzene rings is 1. The summed E-state index contributed by atoms with van der Waals surface area (Å²) in [6.45, 7) is 4.17. The van der Waals surface area contributed by atoms with E-state index in [1.807, 2.05) is 31.2 Å². The molecular formula is C19H20N2O2S. The minimum atomic E-state index is 0.0507. The number of thiophene rings is 1. The molecule has 24 heavy (non-hydrogen) atoms. The van der Waals surface area contributed by atoms with Crippen LogP contribution in [0.25, 0.3) is 15.9 Å². The van der Waals surface area contributed by atoms with Gasteiger partial charge in [0.2, 0.25) is 0 Å². The normalized spacial score (nSPS) is 17.0. The first kappa shape index (κ1) is 15.4. The van der Waals surface area contributed by atoms with Gasteiger partial charge in [0.25, 0.3) is 5.56 Å². The maximum Gasteiger partial charge on any atom is 0.267 e. The number of hydrogen-bond acceptors (Lipinski definition) is 4. The third kappa shape index (κ3) is 2.35. The Morgan fingerprint density at radius 1 is 1.29 bits per heavy atom. The zero-order valence-corrected chi connectivity index (χ0v) is 14.9. The molecule has 0 amide bonds. The van der Waals surface area contributed by atoms with E-state index >= 15 is 0 Å². The first-order chi connectivity index (χ1) is 11.6. The summed E-state index contributed by atoms with van der Waals surface area (Å²) in [5.41, 5.74) is 2.11. The van der Waals surface area contributed by atoms with Crippen LogP contribution in [0, 0.1) is 12.8 Å². The van der Waals surface area contributed by atoms with Crippen molar-refractivity contribution >= 4 is 21.6 Å². The molecule has 0 spiro atoms. The summed E-state index contributed by atoms with van der Waals surface area (Å²) < 4.78 is 6.92. The Morgan fingerprint density at radius 2 is 2.04 bits per heavy atom. The first-order valence-corrected chi connectivity index (χ1v) is 9.08. The third-order valence-electron chi connectivity index (χ3n) is 4.83. The van der Waals surface area contributed by atoms with Crippen molar-refractivity contribution in [3.63, 3.8) is 0 Å². The van der Waals surface area contributed by atoms with Crippen LogP contribution in [0.15, 0.2) is 29.1 Å². The number of rotatable bonds is 2. The molecule has 1 atom stereocenters. The van der Waals surface area contributed by atoms with Crippen molar-refractivity contribution < 1.29 is 4.74 Å². The summed E-state index contributed by atoms with van der Waals surface area (Å²) in [5, 5.41) is 0.823. The Balaban J connectivity index is 1.94. The average Bonchev–Trinajstić information content (AvgIpc) is 2.92. The highest BCUT2D eigenvalue weighted by molar-refractivity contribution is 7.18. The second-order valence-electron chi connectivity index (χ2n) is 6.53. The van der Waals surface area contributed by atoms with Gasteiger partial charge < -0.3 is 4.74 Å². The standard InChI is InChI=1S/C19H20N2O2S/c1-11-4-9-15-16(10-11)24-18-17(15)19(22)21(12(2)20-18)13-5-7-14(23-3)8-6-13/h5-8,11H,4,9-10H2,1-3H3. The monoisotopic (exact) mass is 340 g/mol. The molecule has 1 unspecified atom stereocenters. The van der Waals surface area contributed by atoms with Gasteiger partial charge >= 0.3 is 0 Å². The minimum Gasteiger partial charge on any atom is -0.497 e. The van der Waals surface area contributed by atoms with Crippen LogP contribution in [0.5, 0.6) is 5.75 Å². The molecule has 4 nitrogen and oxygen atoms in total. The summed E-state index contributed by atoms with van der Waals surface area (Å²) in [4.78, 5) is 20.2. The Hall–Kier alpha value is -2.14. The quantitative estimate of drug-likeness (QED) is 0.711. The van der Waals surface area contributed by atoms with Crippen LogP contribution in [-0.4, -0.2) is 16.7 Å². The number of aromatic nitrogens is 2. The van der Waals surface area contributed by atoms with E-state index in [0.717, 1.165) is 46.7 Å². The molecule has 1 aliphatic rings. The van der Waals surface area contributed by atoms with Crippen molar-refractivity contribution in [1.82, 2.24) is 9.55 Å². The van der Waals surface area contributed by atoms with Crippen LogP contribution in [0.4, 0.5) is 0 Å². The Labute approximate surface area is 144 Å². The second-order valence-corrected chi connectivity index (χ2v) is 7.61. The molecule has 5 heteroatoms. The van der Waals surface area contributed by atoms with Crippen LogP contribution < -0.4 is 10.3 Å². The molecule has 1 aromatic carbocycles. The summed E-state index contributed by atoms with van der Waals surface area (Å²) in [6.07, 6.45) is 3.20. The summed E-state index contributed by atoms with van der Waals surface area (Å²) in [7, 11) is 1.64. The van der Waals surface area contributed by atoms with Crippen LogP contribution in [0.3, 0.4) is 0 Å². The third-order valence-corrected chi connectivity index (χ3v) is 5.98. The SMILES string of the molecule is COc1ccc(-n2c(C)nc3sc4c(c3c2=O)CCC(C)C4)cc1. The molecular weight excluding hydrogens is 320 g/mol. The minimum absolute atomic E-state index is 0.0507. The zero-order chi connectivity index (χ0) is 16.8. The van der Waals surface area contributed by atoms with E-state index in [9.17, 15) is 4.79 Å². The van der Waals surface area contributed by atoms with Gasteiger partial charge in [-0.15, -0.1) is 11.3 Å². The smallest absolute Gasteiger partial charge is 0.267 e. The largest absolute Gasteiger partial charge is 0.497 e. The summed E-state index contributed by atoms with van der Waals surface area (Å²) >= 11 is 1.70. The van der Waals surface area contributed by atoms with Gasteiger partial charge in [0.05, 0.1) is 18.2 Å². The predicted molar refractivity (Wildman–Crippen MR) is 97.7 cm³/mol. The molecule has 124 valence electrons. The van der Waals surface area contributed by atoms with Crippen LogP contribution in [0.1, 0.15) is 29.6 Å². The molecule has 0 saturated heterocycles. The average molecular weight is 340 g/mol. The van der Waals surface area contributed by atoms with Gasteiger partial charge in [0.15, 0.2) is 0 Å². The molecule has 1 aliphatic carbocycles. The highest BCUT2D eigenvalue weighted by atomic mass is 32.1. The van der Waals surface area contributed by atoms with Crippen molar-refractivity contribution in [3.8, 4) is 11.4 Å². The van der Waals surface area contributed by atoms with Gasteiger partial charge in [-0.1, -0.05) is 6.92 Å². The Kier molecular flexibility index (Phi) is 3.68. The fourth-order valence-corrected chi connectivity index (χ4v) is 4.95. The van der Waals surface area contributed by atoms with E-state index in [-0.39, 0.29) is 5.56 Å². The number of fused-ring (bicyclic) bond motifs is 3. The molecule has 0 aliphatic heterocycles. The van der Waals surface area contributed by atoms with Gasteiger partial charge in [-0.3, -0.25) is 9.36 Å². The number of aryl methyl sites for hydroxylation is 2. The lowest BCUT2D eigenvalue weighted by Gasteiger charge is -2.17. The van der Waals surface area contributed by atoms with Gasteiger partial charge in [0.1, 0.15) is 16.4 Å². The van der Waals surface area contributed by atoms with Gasteiger partial charge in [-0.2, -0.15) is 0 Å². The van der Waals surface area contributed by atoms with E-state index in [1.165, 1.54) is 10.4 Å². The predicted octanol–water partition coefficient (Wildman–Crippen LogP) is 3.89. The molecule has 0 N–H and O–H groups in total. The Bertz CT molecular complexity index is 970. The summed E-state index contributed by atoms with van der Waals surface area (Å²) in [6, 6.07) is 7.55. The zero-order valence-electron chi connectivity index (χ0n) is 14.1. The van der Waals surface area contributed by atoms with Crippen LogP contribution >= 0.6 is 11.3 Å². The lowest BCUT2D eigenvalue weighted by atomic mass is 9.89. The molecule has 0 bridgehead atoms. The fourth-order valence-electron chi connectivity index (χ4n) is 3.53. The molecule has 4 rings (SSSR count). The lowest BCUT2D eigenvalue weighted by Crippen LogP contribution is -2.23. The molecule has 2 aromatic heterocycles. The van der Waals surface area contributed by atoms with E-state index < -0.39 is 0 Å². The van der Waals surface area contributed by atoms with Crippen molar-refractivity contribution in [1.29, 1.82) is 0 Å². The molecule has 3 aromatic rings. The second kappa shape index (κ2) is 5.74. The van der Waals surface area contributed by atoms with Crippen molar-refractivity contribution in [2.24, 2.45) is 5.92 Å². The number of methoxy groups -OCH3 is 1. The summed E-state index contributed by atoms with van der Waals surface area (Å²) in [5.74, 6) is 2.19. The maximum atomic E-state index is 13.2. The van der Waals surface area contributed by atoms with Gasteiger partial charge in [-0.05, 0) is 61.9 Å². The van der Waals surface area contributed by atoms with Crippen LogP contribution in [-0.2, 0) is 12.8 Å². The van der Waals surface area contributed by atoms with Crippen molar-refractivity contribution in [2.45, 2.75) is 33.1 Å². The number of hydrogen-bond donors (Lipinski definition) is 0. The number of nitrogens with zero attached hydrogens (tertiary/aromatic N) is 2. The van der Waals surface area contributed by atoms with Crippen molar-refractivity contribution in [2.75, 3.05) is 7.11 Å². The van der Waals surface area contributed by atoms with E-state index in [2.05, 4.69) is 6.92 Å². The highest BCUT2D eigenvalue weighted by Crippen LogP contribution is 2.36. The highest BCUT2D eigenvalue weighted by Gasteiger charge is 2.24. The van der Waals surface area contributed by atoms with E-state index in [1.54, 1.807) is 23.0 Å². The maximum absolute atomic E-state index is 13.2. The molecule has 0 saturated carbocycles. The molecule has 0 fully saturated rings. The van der Waals surface area contributed by atoms with Crippen molar-refractivity contribution in [3.05, 3.63) is 50.9 Å². The number of ether oxygens (including phenoxy) is 1. The lowest BCUT2D eigenvalue weighted by molar-refractivity contribution is 0.414. The topological polar surface area (TPSA) is 44.1 Å². The van der Waals surface area contributed by atoms with Crippen LogP contribution in [0.2, 0.25) is 0 Å².